The van der Waals surface area contributed by atoms with Crippen LogP contribution >= 0.6 is 11.6 Å². The van der Waals surface area contributed by atoms with Gasteiger partial charge in [0.15, 0.2) is 0 Å². The Balaban J connectivity index is 1.92. The standard InChI is InChI=1S/C13H20ClNO/c1-2-11-6-3-4-8-15(11)10-12(14)13-7-5-9-16-13/h5,7,9,11-12H,2-4,6,8,10H2,1H3. The van der Waals surface area contributed by atoms with Crippen molar-refractivity contribution in [3.63, 3.8) is 0 Å². The highest BCUT2D eigenvalue weighted by Crippen LogP contribution is 2.26. The average molecular weight is 242 g/mol. The third-order valence-corrected chi connectivity index (χ3v) is 3.82. The van der Waals surface area contributed by atoms with E-state index in [1.807, 2.05) is 12.1 Å². The summed E-state index contributed by atoms with van der Waals surface area (Å²) in [4.78, 5) is 2.52. The molecule has 0 aliphatic carbocycles. The molecule has 2 atom stereocenters. The summed E-state index contributed by atoms with van der Waals surface area (Å²) < 4.78 is 5.35. The number of nitrogens with zero attached hydrogens (tertiary/aromatic N) is 1. The Morgan fingerprint density at radius 1 is 1.56 bits per heavy atom. The maximum Gasteiger partial charge on any atom is 0.122 e. The minimum Gasteiger partial charge on any atom is -0.468 e. The zero-order valence-electron chi connectivity index (χ0n) is 9.86. The molecule has 1 saturated heterocycles. The van der Waals surface area contributed by atoms with E-state index in [4.69, 9.17) is 16.0 Å². The fourth-order valence-electron chi connectivity index (χ4n) is 2.53. The summed E-state index contributed by atoms with van der Waals surface area (Å²) in [5.74, 6) is 0.891. The SMILES string of the molecule is CCC1CCCCN1CC(Cl)c1ccco1. The van der Waals surface area contributed by atoms with Crippen molar-refractivity contribution in [1.29, 1.82) is 0 Å². The predicted molar refractivity (Wildman–Crippen MR) is 66.8 cm³/mol. The van der Waals surface area contributed by atoms with Gasteiger partial charge in [0.2, 0.25) is 0 Å². The van der Waals surface area contributed by atoms with Gasteiger partial charge in [0, 0.05) is 12.6 Å². The highest BCUT2D eigenvalue weighted by Gasteiger charge is 2.24. The number of furan rings is 1. The summed E-state index contributed by atoms with van der Waals surface area (Å²) >= 11 is 6.37. The van der Waals surface area contributed by atoms with Gasteiger partial charge in [-0.15, -0.1) is 11.6 Å². The van der Waals surface area contributed by atoms with Crippen molar-refractivity contribution in [1.82, 2.24) is 4.90 Å². The van der Waals surface area contributed by atoms with Gasteiger partial charge < -0.3 is 4.42 Å². The van der Waals surface area contributed by atoms with Crippen molar-refractivity contribution >= 4 is 11.6 Å². The van der Waals surface area contributed by atoms with E-state index in [2.05, 4.69) is 11.8 Å². The molecule has 2 nitrogen and oxygen atoms in total. The summed E-state index contributed by atoms with van der Waals surface area (Å²) in [6, 6.07) is 4.57. The van der Waals surface area contributed by atoms with E-state index < -0.39 is 0 Å². The van der Waals surface area contributed by atoms with E-state index in [1.165, 1.54) is 32.2 Å². The van der Waals surface area contributed by atoms with Gasteiger partial charge in [0.25, 0.3) is 0 Å². The van der Waals surface area contributed by atoms with Gasteiger partial charge >= 0.3 is 0 Å². The van der Waals surface area contributed by atoms with Gasteiger partial charge in [-0.2, -0.15) is 0 Å². The molecule has 0 aromatic carbocycles. The molecule has 90 valence electrons. The summed E-state index contributed by atoms with van der Waals surface area (Å²) in [7, 11) is 0. The maximum absolute atomic E-state index is 6.37. The molecule has 0 spiro atoms. The Kier molecular flexibility index (Phi) is 4.30. The van der Waals surface area contributed by atoms with Crippen molar-refractivity contribution < 1.29 is 4.42 Å². The van der Waals surface area contributed by atoms with Crippen molar-refractivity contribution in [2.24, 2.45) is 0 Å². The largest absolute Gasteiger partial charge is 0.468 e. The van der Waals surface area contributed by atoms with E-state index in [-0.39, 0.29) is 5.38 Å². The van der Waals surface area contributed by atoms with Gasteiger partial charge in [-0.05, 0) is 37.9 Å². The van der Waals surface area contributed by atoms with Crippen LogP contribution in [0.2, 0.25) is 0 Å². The fraction of sp³-hybridized carbons (Fsp3) is 0.692. The molecule has 3 heteroatoms. The van der Waals surface area contributed by atoms with Crippen molar-refractivity contribution in [2.75, 3.05) is 13.1 Å². The van der Waals surface area contributed by atoms with Crippen LogP contribution in [0.4, 0.5) is 0 Å². The third-order valence-electron chi connectivity index (χ3n) is 3.47. The van der Waals surface area contributed by atoms with Gasteiger partial charge in [0.05, 0.1) is 6.26 Å². The van der Waals surface area contributed by atoms with E-state index in [0.717, 1.165) is 12.3 Å². The predicted octanol–water partition coefficient (Wildman–Crippen LogP) is 3.82. The van der Waals surface area contributed by atoms with Crippen LogP contribution in [0.5, 0.6) is 0 Å². The Morgan fingerprint density at radius 3 is 3.12 bits per heavy atom. The minimum absolute atomic E-state index is 0.0119. The molecule has 1 aromatic heterocycles. The smallest absolute Gasteiger partial charge is 0.122 e. The summed E-state index contributed by atoms with van der Waals surface area (Å²) in [5.41, 5.74) is 0. The zero-order valence-corrected chi connectivity index (χ0v) is 10.6. The Hall–Kier alpha value is -0.470. The lowest BCUT2D eigenvalue weighted by molar-refractivity contribution is 0.141. The first-order valence-corrected chi connectivity index (χ1v) is 6.66. The molecule has 0 radical (unpaired) electrons. The molecule has 2 rings (SSSR count). The van der Waals surface area contributed by atoms with Gasteiger partial charge in [-0.25, -0.2) is 0 Å². The Morgan fingerprint density at radius 2 is 2.44 bits per heavy atom. The molecule has 0 amide bonds. The third kappa shape index (κ3) is 2.80. The number of hydrogen-bond donors (Lipinski definition) is 0. The van der Waals surface area contributed by atoms with Crippen LogP contribution in [-0.2, 0) is 0 Å². The van der Waals surface area contributed by atoms with Gasteiger partial charge in [0.1, 0.15) is 11.1 Å². The highest BCUT2D eigenvalue weighted by atomic mass is 35.5. The lowest BCUT2D eigenvalue weighted by atomic mass is 10.00. The Labute approximate surface area is 103 Å². The molecule has 2 heterocycles. The average Bonchev–Trinajstić information content (AvgIpc) is 2.83. The number of halogens is 1. The first-order valence-electron chi connectivity index (χ1n) is 6.22. The molecule has 1 fully saturated rings. The van der Waals surface area contributed by atoms with E-state index >= 15 is 0 Å². The number of piperidine rings is 1. The fourth-order valence-corrected chi connectivity index (χ4v) is 2.83. The van der Waals surface area contributed by atoms with Gasteiger partial charge in [-0.1, -0.05) is 13.3 Å². The molecule has 0 bridgehead atoms. The van der Waals surface area contributed by atoms with E-state index in [1.54, 1.807) is 6.26 Å². The first-order chi connectivity index (χ1) is 7.81. The lowest BCUT2D eigenvalue weighted by Gasteiger charge is -2.36. The van der Waals surface area contributed by atoms with Crippen LogP contribution in [-0.4, -0.2) is 24.0 Å². The highest BCUT2D eigenvalue weighted by molar-refractivity contribution is 6.20. The van der Waals surface area contributed by atoms with Crippen LogP contribution in [0.3, 0.4) is 0 Å². The summed E-state index contributed by atoms with van der Waals surface area (Å²) in [6.45, 7) is 4.36. The monoisotopic (exact) mass is 241 g/mol. The second kappa shape index (κ2) is 5.74. The normalized spacial score (nSPS) is 24.5. The number of hydrogen-bond acceptors (Lipinski definition) is 2. The number of rotatable bonds is 4. The topological polar surface area (TPSA) is 16.4 Å². The van der Waals surface area contributed by atoms with Crippen LogP contribution in [0.25, 0.3) is 0 Å². The van der Waals surface area contributed by atoms with Crippen molar-refractivity contribution in [2.45, 2.75) is 44.0 Å². The van der Waals surface area contributed by atoms with Crippen molar-refractivity contribution in [3.8, 4) is 0 Å². The minimum atomic E-state index is -0.0119. The Bertz CT molecular complexity index is 299. The first kappa shape index (κ1) is 12.0. The molecular formula is C13H20ClNO. The zero-order chi connectivity index (χ0) is 11.4. The van der Waals surface area contributed by atoms with Gasteiger partial charge in [-0.3, -0.25) is 4.90 Å². The maximum atomic E-state index is 6.37. The molecule has 1 aromatic rings. The quantitative estimate of drug-likeness (QED) is 0.745. The number of likely N-dealkylation sites (tertiary alicyclic amines) is 1. The molecule has 1 aliphatic heterocycles. The van der Waals surface area contributed by atoms with Crippen molar-refractivity contribution in [3.05, 3.63) is 24.2 Å². The molecule has 0 N–H and O–H groups in total. The molecular weight excluding hydrogens is 222 g/mol. The van der Waals surface area contributed by atoms with Crippen LogP contribution in [0.1, 0.15) is 43.7 Å². The molecule has 1 aliphatic rings. The van der Waals surface area contributed by atoms with E-state index in [0.29, 0.717) is 6.04 Å². The lowest BCUT2D eigenvalue weighted by Crippen LogP contribution is -2.40. The summed E-state index contributed by atoms with van der Waals surface area (Å²) in [5, 5.41) is -0.0119. The van der Waals surface area contributed by atoms with Crippen LogP contribution in [0, 0.1) is 0 Å². The second-order valence-corrected chi connectivity index (χ2v) is 5.06. The second-order valence-electron chi connectivity index (χ2n) is 4.54. The van der Waals surface area contributed by atoms with Crippen LogP contribution in [0.15, 0.2) is 22.8 Å². The summed E-state index contributed by atoms with van der Waals surface area (Å²) in [6.07, 6.45) is 6.90. The van der Waals surface area contributed by atoms with Crippen LogP contribution < -0.4 is 0 Å². The van der Waals surface area contributed by atoms with E-state index in [9.17, 15) is 0 Å². The number of alkyl halides is 1. The molecule has 2 unspecified atom stereocenters. The molecule has 16 heavy (non-hydrogen) atoms. The molecule has 0 saturated carbocycles.